The Bertz CT molecular complexity index is 630. The number of para-hydroxylation sites is 1. The number of carbonyl (C=O) groups is 3. The number of hydrogen-bond acceptors (Lipinski definition) is 4. The SMILES string of the molecule is O=C1NC(=O)C(CC(=O)N2CC(Oc3ccccc3Cl)C2)N1. The molecule has 2 saturated heterocycles. The van der Waals surface area contributed by atoms with Gasteiger partial charge in [-0.15, -0.1) is 0 Å². The van der Waals surface area contributed by atoms with Gasteiger partial charge in [0.2, 0.25) is 5.91 Å². The first-order valence-electron chi connectivity index (χ1n) is 6.83. The summed E-state index contributed by atoms with van der Waals surface area (Å²) in [5, 5.41) is 5.02. The van der Waals surface area contributed by atoms with E-state index in [-0.39, 0.29) is 18.4 Å². The van der Waals surface area contributed by atoms with Crippen LogP contribution in [0.25, 0.3) is 0 Å². The molecule has 2 N–H and O–H groups in total. The average Bonchev–Trinajstić information content (AvgIpc) is 2.73. The predicted octanol–water partition coefficient (Wildman–Crippen LogP) is 0.528. The van der Waals surface area contributed by atoms with E-state index in [4.69, 9.17) is 16.3 Å². The highest BCUT2D eigenvalue weighted by Gasteiger charge is 2.37. The van der Waals surface area contributed by atoms with Crippen LogP contribution in [0.5, 0.6) is 5.75 Å². The van der Waals surface area contributed by atoms with Gasteiger partial charge >= 0.3 is 6.03 Å². The Labute approximate surface area is 131 Å². The smallest absolute Gasteiger partial charge is 0.322 e. The molecule has 1 unspecified atom stereocenters. The maximum Gasteiger partial charge on any atom is 0.322 e. The maximum atomic E-state index is 12.0. The van der Waals surface area contributed by atoms with Crippen LogP contribution in [0.4, 0.5) is 4.79 Å². The Morgan fingerprint density at radius 1 is 1.32 bits per heavy atom. The van der Waals surface area contributed by atoms with Gasteiger partial charge in [-0.2, -0.15) is 0 Å². The highest BCUT2D eigenvalue weighted by atomic mass is 35.5. The fourth-order valence-corrected chi connectivity index (χ4v) is 2.52. The van der Waals surface area contributed by atoms with Crippen LogP contribution < -0.4 is 15.4 Å². The molecule has 1 aromatic carbocycles. The molecule has 0 radical (unpaired) electrons. The summed E-state index contributed by atoms with van der Waals surface area (Å²) >= 11 is 6.00. The van der Waals surface area contributed by atoms with Crippen LogP contribution in [0.1, 0.15) is 6.42 Å². The zero-order chi connectivity index (χ0) is 15.7. The molecule has 0 aliphatic carbocycles. The number of hydrogen-bond donors (Lipinski definition) is 2. The van der Waals surface area contributed by atoms with Gasteiger partial charge in [-0.25, -0.2) is 4.79 Å². The summed E-state index contributed by atoms with van der Waals surface area (Å²) in [4.78, 5) is 36.0. The summed E-state index contributed by atoms with van der Waals surface area (Å²) < 4.78 is 5.69. The Morgan fingerprint density at radius 2 is 2.05 bits per heavy atom. The molecule has 2 aliphatic heterocycles. The molecule has 1 atom stereocenters. The number of carbonyl (C=O) groups excluding carboxylic acids is 3. The average molecular weight is 324 g/mol. The summed E-state index contributed by atoms with van der Waals surface area (Å²) in [6, 6.07) is 5.79. The summed E-state index contributed by atoms with van der Waals surface area (Å²) in [6.45, 7) is 0.874. The Kier molecular flexibility index (Phi) is 3.89. The molecule has 4 amide bonds. The number of nitrogens with zero attached hydrogens (tertiary/aromatic N) is 1. The molecule has 0 spiro atoms. The van der Waals surface area contributed by atoms with Crippen LogP contribution in [0.2, 0.25) is 5.02 Å². The van der Waals surface area contributed by atoms with Crippen molar-refractivity contribution in [3.8, 4) is 5.75 Å². The van der Waals surface area contributed by atoms with Crippen LogP contribution in [-0.2, 0) is 9.59 Å². The van der Waals surface area contributed by atoms with E-state index in [9.17, 15) is 14.4 Å². The van der Waals surface area contributed by atoms with Crippen molar-refractivity contribution < 1.29 is 19.1 Å². The second kappa shape index (κ2) is 5.84. The molecule has 116 valence electrons. The number of rotatable bonds is 4. The van der Waals surface area contributed by atoms with Crippen molar-refractivity contribution in [3.05, 3.63) is 29.3 Å². The van der Waals surface area contributed by atoms with Crippen LogP contribution in [-0.4, -0.2) is 48.0 Å². The van der Waals surface area contributed by atoms with Gasteiger partial charge in [0.05, 0.1) is 24.5 Å². The lowest BCUT2D eigenvalue weighted by atomic mass is 10.1. The van der Waals surface area contributed by atoms with Crippen molar-refractivity contribution in [3.63, 3.8) is 0 Å². The standard InChI is InChI=1S/C14H14ClN3O4/c15-9-3-1-2-4-11(9)22-8-6-18(7-8)12(19)5-10-13(20)17-14(21)16-10/h1-4,8,10H,5-7H2,(H2,16,17,20,21). The number of amides is 4. The Hall–Kier alpha value is -2.28. The van der Waals surface area contributed by atoms with Gasteiger partial charge in [-0.05, 0) is 12.1 Å². The predicted molar refractivity (Wildman–Crippen MR) is 77.5 cm³/mol. The minimum absolute atomic E-state index is 0.0453. The third-order valence-corrected chi connectivity index (χ3v) is 3.88. The highest BCUT2D eigenvalue weighted by molar-refractivity contribution is 6.32. The lowest BCUT2D eigenvalue weighted by Crippen LogP contribution is -2.57. The number of imide groups is 1. The molecule has 3 rings (SSSR count). The van der Waals surface area contributed by atoms with E-state index in [2.05, 4.69) is 10.6 Å². The molecule has 2 aliphatic rings. The number of ether oxygens (including phenoxy) is 1. The molecular weight excluding hydrogens is 310 g/mol. The van der Waals surface area contributed by atoms with Crippen LogP contribution >= 0.6 is 11.6 Å². The summed E-state index contributed by atoms with van der Waals surface area (Å²) in [7, 11) is 0. The minimum Gasteiger partial charge on any atom is -0.485 e. The molecular formula is C14H14ClN3O4. The number of likely N-dealkylation sites (tertiary alicyclic amines) is 1. The lowest BCUT2D eigenvalue weighted by molar-refractivity contribution is -0.141. The fraction of sp³-hybridized carbons (Fsp3) is 0.357. The van der Waals surface area contributed by atoms with Crippen LogP contribution in [0.3, 0.4) is 0 Å². The van der Waals surface area contributed by atoms with Crippen molar-refractivity contribution in [1.29, 1.82) is 0 Å². The second-order valence-corrected chi connectivity index (χ2v) is 5.60. The van der Waals surface area contributed by atoms with Crippen LogP contribution in [0, 0.1) is 0 Å². The van der Waals surface area contributed by atoms with E-state index in [1.54, 1.807) is 17.0 Å². The Balaban J connectivity index is 1.47. The monoisotopic (exact) mass is 323 g/mol. The highest BCUT2D eigenvalue weighted by Crippen LogP contribution is 2.26. The molecule has 22 heavy (non-hydrogen) atoms. The zero-order valence-corrected chi connectivity index (χ0v) is 12.3. The zero-order valence-electron chi connectivity index (χ0n) is 11.5. The minimum atomic E-state index is -0.788. The van der Waals surface area contributed by atoms with Gasteiger partial charge < -0.3 is 15.0 Å². The quantitative estimate of drug-likeness (QED) is 0.791. The van der Waals surface area contributed by atoms with Gasteiger partial charge in [-0.1, -0.05) is 23.7 Å². The lowest BCUT2D eigenvalue weighted by Gasteiger charge is -2.39. The molecule has 1 aromatic rings. The van der Waals surface area contributed by atoms with Gasteiger partial charge in [0.1, 0.15) is 17.9 Å². The van der Waals surface area contributed by atoms with E-state index in [1.807, 2.05) is 12.1 Å². The Morgan fingerprint density at radius 3 is 2.68 bits per heavy atom. The number of nitrogens with one attached hydrogen (secondary N) is 2. The van der Waals surface area contributed by atoms with E-state index in [1.165, 1.54) is 0 Å². The number of benzene rings is 1. The third kappa shape index (κ3) is 2.99. The second-order valence-electron chi connectivity index (χ2n) is 5.19. The van der Waals surface area contributed by atoms with E-state index < -0.39 is 18.0 Å². The topological polar surface area (TPSA) is 87.7 Å². The van der Waals surface area contributed by atoms with Gasteiger partial charge in [0, 0.05) is 0 Å². The first-order chi connectivity index (χ1) is 10.5. The summed E-state index contributed by atoms with van der Waals surface area (Å²) in [5.41, 5.74) is 0. The number of urea groups is 1. The summed E-state index contributed by atoms with van der Waals surface area (Å²) in [5.74, 6) is -0.0761. The van der Waals surface area contributed by atoms with Gasteiger partial charge in [-0.3, -0.25) is 14.9 Å². The normalized spacial score (nSPS) is 21.1. The van der Waals surface area contributed by atoms with Crippen molar-refractivity contribution in [2.24, 2.45) is 0 Å². The molecule has 7 nitrogen and oxygen atoms in total. The van der Waals surface area contributed by atoms with Crippen molar-refractivity contribution in [1.82, 2.24) is 15.5 Å². The molecule has 0 saturated carbocycles. The third-order valence-electron chi connectivity index (χ3n) is 3.57. The van der Waals surface area contributed by atoms with E-state index >= 15 is 0 Å². The molecule has 8 heteroatoms. The number of halogens is 1. The summed E-state index contributed by atoms with van der Waals surface area (Å²) in [6.07, 6.45) is -0.160. The van der Waals surface area contributed by atoms with Crippen molar-refractivity contribution >= 4 is 29.4 Å². The first kappa shape index (κ1) is 14.6. The van der Waals surface area contributed by atoms with Gasteiger partial charge in [0.15, 0.2) is 0 Å². The first-order valence-corrected chi connectivity index (χ1v) is 7.21. The van der Waals surface area contributed by atoms with E-state index in [0.29, 0.717) is 23.9 Å². The van der Waals surface area contributed by atoms with E-state index in [0.717, 1.165) is 0 Å². The fourth-order valence-electron chi connectivity index (χ4n) is 2.34. The molecule has 2 heterocycles. The van der Waals surface area contributed by atoms with Crippen molar-refractivity contribution in [2.45, 2.75) is 18.6 Å². The molecule has 2 fully saturated rings. The van der Waals surface area contributed by atoms with Gasteiger partial charge in [0.25, 0.3) is 5.91 Å². The maximum absolute atomic E-state index is 12.0. The largest absolute Gasteiger partial charge is 0.485 e. The van der Waals surface area contributed by atoms with Crippen LogP contribution in [0.15, 0.2) is 24.3 Å². The van der Waals surface area contributed by atoms with Crippen molar-refractivity contribution in [2.75, 3.05) is 13.1 Å². The molecule has 0 bridgehead atoms. The molecule has 0 aromatic heterocycles.